The Labute approximate surface area is 108 Å². The van der Waals surface area contributed by atoms with Crippen molar-refractivity contribution in [1.29, 1.82) is 0 Å². The Kier molecular flexibility index (Phi) is 5.34. The maximum Gasteiger partial charge on any atom is -0.00179 e. The normalized spacial score (nSPS) is 39.2. The van der Waals surface area contributed by atoms with Gasteiger partial charge in [0.25, 0.3) is 0 Å². The lowest BCUT2D eigenvalue weighted by Crippen LogP contribution is -2.36. The van der Waals surface area contributed by atoms with E-state index in [0.717, 1.165) is 30.2 Å². The van der Waals surface area contributed by atoms with E-state index in [2.05, 4.69) is 19.2 Å². The average Bonchev–Trinajstić information content (AvgIpc) is 2.37. The van der Waals surface area contributed by atoms with Gasteiger partial charge in [0.2, 0.25) is 0 Å². The Morgan fingerprint density at radius 1 is 1.00 bits per heavy atom. The minimum atomic E-state index is 0.985. The van der Waals surface area contributed by atoms with Crippen molar-refractivity contribution in [3.63, 3.8) is 0 Å². The molecule has 1 nitrogen and oxygen atoms in total. The molecule has 0 bridgehead atoms. The quantitative estimate of drug-likeness (QED) is 0.771. The second kappa shape index (κ2) is 6.78. The van der Waals surface area contributed by atoms with Crippen LogP contribution in [0.2, 0.25) is 0 Å². The number of nitrogens with one attached hydrogen (secondary N) is 1. The molecule has 0 saturated heterocycles. The molecule has 1 N–H and O–H groups in total. The molecule has 0 aromatic rings. The van der Waals surface area contributed by atoms with E-state index >= 15 is 0 Å². The molecule has 4 atom stereocenters. The summed E-state index contributed by atoms with van der Waals surface area (Å²) in [6, 6.07) is 0. The molecule has 2 aliphatic rings. The molecule has 2 rings (SSSR count). The first-order valence-corrected chi connectivity index (χ1v) is 8.02. The van der Waals surface area contributed by atoms with E-state index in [0.29, 0.717) is 0 Å². The van der Waals surface area contributed by atoms with Crippen molar-refractivity contribution in [3.8, 4) is 0 Å². The monoisotopic (exact) mass is 237 g/mol. The molecule has 0 amide bonds. The van der Waals surface area contributed by atoms with Crippen LogP contribution < -0.4 is 5.32 Å². The molecule has 2 saturated carbocycles. The number of hydrogen-bond donors (Lipinski definition) is 1. The first-order valence-electron chi connectivity index (χ1n) is 8.02. The fraction of sp³-hybridized carbons (Fsp3) is 1.00. The summed E-state index contributed by atoms with van der Waals surface area (Å²) >= 11 is 0. The molecule has 0 aliphatic heterocycles. The van der Waals surface area contributed by atoms with Gasteiger partial charge in [-0.05, 0) is 56.0 Å². The fourth-order valence-corrected chi connectivity index (χ4v) is 4.31. The van der Waals surface area contributed by atoms with Gasteiger partial charge in [0.05, 0.1) is 0 Å². The predicted octanol–water partition coefficient (Wildman–Crippen LogP) is 4.23. The Hall–Kier alpha value is -0.0400. The van der Waals surface area contributed by atoms with Crippen molar-refractivity contribution in [2.75, 3.05) is 13.1 Å². The predicted molar refractivity (Wildman–Crippen MR) is 75.1 cm³/mol. The van der Waals surface area contributed by atoms with Gasteiger partial charge >= 0.3 is 0 Å². The Morgan fingerprint density at radius 2 is 1.82 bits per heavy atom. The third-order valence-electron chi connectivity index (χ3n) is 5.21. The molecule has 0 radical (unpaired) electrons. The first-order chi connectivity index (χ1) is 8.31. The average molecular weight is 237 g/mol. The summed E-state index contributed by atoms with van der Waals surface area (Å²) in [5.41, 5.74) is 0. The molecule has 0 aromatic heterocycles. The van der Waals surface area contributed by atoms with Gasteiger partial charge in [-0.3, -0.25) is 0 Å². The molecule has 0 heterocycles. The molecule has 1 heteroatoms. The van der Waals surface area contributed by atoms with E-state index in [1.165, 1.54) is 57.9 Å². The second-order valence-corrected chi connectivity index (χ2v) is 6.55. The van der Waals surface area contributed by atoms with Crippen molar-refractivity contribution in [2.24, 2.45) is 23.7 Å². The summed E-state index contributed by atoms with van der Waals surface area (Å²) in [5, 5.41) is 3.60. The van der Waals surface area contributed by atoms with Crippen molar-refractivity contribution in [1.82, 2.24) is 5.32 Å². The van der Waals surface area contributed by atoms with Gasteiger partial charge in [0.15, 0.2) is 0 Å². The maximum atomic E-state index is 3.60. The Morgan fingerprint density at radius 3 is 2.59 bits per heavy atom. The van der Waals surface area contributed by atoms with E-state index in [9.17, 15) is 0 Å². The minimum absolute atomic E-state index is 0.985. The highest BCUT2D eigenvalue weighted by Gasteiger charge is 2.33. The SMILES string of the molecule is CCNCC1CCCCC1C1CCCC(C)C1. The van der Waals surface area contributed by atoms with Crippen molar-refractivity contribution < 1.29 is 0 Å². The van der Waals surface area contributed by atoms with Crippen LogP contribution in [0.15, 0.2) is 0 Å². The molecular weight excluding hydrogens is 206 g/mol. The molecule has 0 aromatic carbocycles. The smallest absolute Gasteiger partial charge is 0.00179 e. The highest BCUT2D eigenvalue weighted by Crippen LogP contribution is 2.42. The summed E-state index contributed by atoms with van der Waals surface area (Å²) in [7, 11) is 0. The molecule has 2 fully saturated rings. The molecule has 4 unspecified atom stereocenters. The highest BCUT2D eigenvalue weighted by molar-refractivity contribution is 4.85. The van der Waals surface area contributed by atoms with Gasteiger partial charge < -0.3 is 5.32 Å². The highest BCUT2D eigenvalue weighted by atomic mass is 14.8. The zero-order chi connectivity index (χ0) is 12.1. The molecular formula is C16H31N. The first kappa shape index (κ1) is 13.4. The van der Waals surface area contributed by atoms with Gasteiger partial charge in [-0.15, -0.1) is 0 Å². The van der Waals surface area contributed by atoms with E-state index < -0.39 is 0 Å². The van der Waals surface area contributed by atoms with Gasteiger partial charge in [-0.1, -0.05) is 46.0 Å². The minimum Gasteiger partial charge on any atom is -0.317 e. The van der Waals surface area contributed by atoms with Crippen LogP contribution in [0.5, 0.6) is 0 Å². The van der Waals surface area contributed by atoms with Crippen LogP contribution in [0.25, 0.3) is 0 Å². The van der Waals surface area contributed by atoms with Gasteiger partial charge in [-0.2, -0.15) is 0 Å². The van der Waals surface area contributed by atoms with Crippen LogP contribution in [0.3, 0.4) is 0 Å². The fourth-order valence-electron chi connectivity index (χ4n) is 4.31. The molecule has 100 valence electrons. The van der Waals surface area contributed by atoms with E-state index in [4.69, 9.17) is 0 Å². The summed E-state index contributed by atoms with van der Waals surface area (Å²) in [6.45, 7) is 7.13. The maximum absolute atomic E-state index is 3.60. The van der Waals surface area contributed by atoms with Crippen LogP contribution in [-0.2, 0) is 0 Å². The van der Waals surface area contributed by atoms with Crippen LogP contribution in [0.1, 0.15) is 65.2 Å². The van der Waals surface area contributed by atoms with Crippen LogP contribution >= 0.6 is 0 Å². The van der Waals surface area contributed by atoms with Crippen LogP contribution in [0.4, 0.5) is 0 Å². The summed E-state index contributed by atoms with van der Waals surface area (Å²) in [6.07, 6.45) is 12.0. The van der Waals surface area contributed by atoms with E-state index in [1.807, 2.05) is 0 Å². The molecule has 2 aliphatic carbocycles. The summed E-state index contributed by atoms with van der Waals surface area (Å²) < 4.78 is 0. The van der Waals surface area contributed by atoms with Crippen LogP contribution in [-0.4, -0.2) is 13.1 Å². The number of rotatable bonds is 4. The molecule has 0 spiro atoms. The van der Waals surface area contributed by atoms with Gasteiger partial charge in [-0.25, -0.2) is 0 Å². The van der Waals surface area contributed by atoms with Gasteiger partial charge in [0.1, 0.15) is 0 Å². The largest absolute Gasteiger partial charge is 0.317 e. The standard InChI is InChI=1S/C16H31N/c1-3-17-12-15-8-4-5-10-16(15)14-9-6-7-13(2)11-14/h13-17H,3-12H2,1-2H3. The lowest BCUT2D eigenvalue weighted by atomic mass is 9.66. The van der Waals surface area contributed by atoms with Crippen molar-refractivity contribution in [3.05, 3.63) is 0 Å². The second-order valence-electron chi connectivity index (χ2n) is 6.55. The topological polar surface area (TPSA) is 12.0 Å². The van der Waals surface area contributed by atoms with Crippen LogP contribution in [0, 0.1) is 23.7 Å². The zero-order valence-corrected chi connectivity index (χ0v) is 11.9. The van der Waals surface area contributed by atoms with E-state index in [-0.39, 0.29) is 0 Å². The lowest BCUT2D eigenvalue weighted by molar-refractivity contribution is 0.110. The Balaban J connectivity index is 1.90. The third kappa shape index (κ3) is 3.71. The third-order valence-corrected chi connectivity index (χ3v) is 5.21. The van der Waals surface area contributed by atoms with Crippen molar-refractivity contribution >= 4 is 0 Å². The zero-order valence-electron chi connectivity index (χ0n) is 11.9. The van der Waals surface area contributed by atoms with Gasteiger partial charge in [0, 0.05) is 0 Å². The van der Waals surface area contributed by atoms with Crippen molar-refractivity contribution in [2.45, 2.75) is 65.2 Å². The molecule has 17 heavy (non-hydrogen) atoms. The Bertz CT molecular complexity index is 214. The van der Waals surface area contributed by atoms with E-state index in [1.54, 1.807) is 0 Å². The summed E-state index contributed by atoms with van der Waals surface area (Å²) in [4.78, 5) is 0. The summed E-state index contributed by atoms with van der Waals surface area (Å²) in [5.74, 6) is 4.09. The lowest BCUT2D eigenvalue weighted by Gasteiger charge is -2.40. The number of hydrogen-bond acceptors (Lipinski definition) is 1.